The summed E-state index contributed by atoms with van der Waals surface area (Å²) in [6, 6.07) is 5.05. The summed E-state index contributed by atoms with van der Waals surface area (Å²) < 4.78 is 2.18. The van der Waals surface area contributed by atoms with Crippen molar-refractivity contribution >= 4 is 29.2 Å². The van der Waals surface area contributed by atoms with Crippen LogP contribution in [0.5, 0.6) is 0 Å². The molecule has 0 aliphatic carbocycles. The Labute approximate surface area is 175 Å². The molecule has 1 aromatic heterocycles. The van der Waals surface area contributed by atoms with Crippen LogP contribution in [0.3, 0.4) is 0 Å². The highest BCUT2D eigenvalue weighted by Gasteiger charge is 2.15. The van der Waals surface area contributed by atoms with Crippen LogP contribution in [0.2, 0.25) is 10.0 Å². The van der Waals surface area contributed by atoms with Crippen LogP contribution >= 0.6 is 23.2 Å². The molecule has 2 aromatic rings. The van der Waals surface area contributed by atoms with Gasteiger partial charge in [-0.25, -0.2) is 4.99 Å². The third-order valence-electron chi connectivity index (χ3n) is 4.64. The number of rotatable bonds is 6. The number of hydrogen-bond donors (Lipinski definition) is 3. The first-order chi connectivity index (χ1) is 13.6. The van der Waals surface area contributed by atoms with E-state index in [1.165, 1.54) is 6.42 Å². The first kappa shape index (κ1) is 20.9. The van der Waals surface area contributed by atoms with Gasteiger partial charge in [-0.05, 0) is 43.5 Å². The van der Waals surface area contributed by atoms with Gasteiger partial charge in [0.2, 0.25) is 0 Å². The van der Waals surface area contributed by atoms with E-state index in [1.807, 2.05) is 6.92 Å². The van der Waals surface area contributed by atoms with Crippen LogP contribution in [-0.4, -0.2) is 38.9 Å². The quantitative estimate of drug-likeness (QED) is 0.489. The minimum absolute atomic E-state index is 0.278. The van der Waals surface area contributed by atoms with E-state index in [0.717, 1.165) is 37.5 Å². The van der Waals surface area contributed by atoms with Crippen molar-refractivity contribution in [2.24, 2.45) is 4.99 Å². The highest BCUT2D eigenvalue weighted by Crippen LogP contribution is 2.23. The van der Waals surface area contributed by atoms with Crippen LogP contribution in [0.1, 0.15) is 49.5 Å². The van der Waals surface area contributed by atoms with Gasteiger partial charge in [0.05, 0.1) is 6.10 Å². The average molecular weight is 425 g/mol. The number of guanidine groups is 1. The third-order valence-corrected chi connectivity index (χ3v) is 5.08. The molecule has 1 aliphatic heterocycles. The fourth-order valence-corrected chi connectivity index (χ4v) is 3.78. The van der Waals surface area contributed by atoms with Crippen LogP contribution in [0.15, 0.2) is 23.2 Å². The highest BCUT2D eigenvalue weighted by atomic mass is 35.5. The van der Waals surface area contributed by atoms with Crippen molar-refractivity contribution in [3.05, 3.63) is 45.5 Å². The molecule has 7 nitrogen and oxygen atoms in total. The number of fused-ring (bicyclic) bond motifs is 1. The lowest BCUT2D eigenvalue weighted by molar-refractivity contribution is 0.181. The van der Waals surface area contributed by atoms with Gasteiger partial charge < -0.3 is 20.3 Å². The summed E-state index contributed by atoms with van der Waals surface area (Å²) in [6.07, 6.45) is 3.75. The van der Waals surface area contributed by atoms with Gasteiger partial charge in [0.1, 0.15) is 12.4 Å². The van der Waals surface area contributed by atoms with Gasteiger partial charge in [0.25, 0.3) is 0 Å². The van der Waals surface area contributed by atoms with Crippen molar-refractivity contribution in [3.63, 3.8) is 0 Å². The fourth-order valence-electron chi connectivity index (χ4n) is 3.23. The fraction of sp³-hybridized carbons (Fsp3) is 0.526. The largest absolute Gasteiger partial charge is 0.387 e. The third kappa shape index (κ3) is 5.59. The van der Waals surface area contributed by atoms with E-state index in [-0.39, 0.29) is 6.54 Å². The molecule has 3 N–H and O–H groups in total. The van der Waals surface area contributed by atoms with Crippen molar-refractivity contribution in [1.82, 2.24) is 25.4 Å². The molecule has 2 heterocycles. The van der Waals surface area contributed by atoms with Crippen molar-refractivity contribution in [3.8, 4) is 0 Å². The number of aliphatic hydroxyl groups is 1. The van der Waals surface area contributed by atoms with Gasteiger partial charge in [0, 0.05) is 36.1 Å². The Morgan fingerprint density at radius 2 is 1.96 bits per heavy atom. The summed E-state index contributed by atoms with van der Waals surface area (Å²) in [5.74, 6) is 2.53. The second-order valence-electron chi connectivity index (χ2n) is 6.79. The van der Waals surface area contributed by atoms with E-state index < -0.39 is 6.10 Å². The number of aliphatic imine (C=N–C) groups is 1. The molecule has 0 fully saturated rings. The van der Waals surface area contributed by atoms with Gasteiger partial charge in [-0.15, -0.1) is 10.2 Å². The van der Waals surface area contributed by atoms with Crippen molar-refractivity contribution in [1.29, 1.82) is 0 Å². The maximum absolute atomic E-state index is 10.4. The number of aryl methyl sites for hydroxylation is 1. The zero-order chi connectivity index (χ0) is 19.9. The number of hydrogen-bond acceptors (Lipinski definition) is 4. The molecule has 28 heavy (non-hydrogen) atoms. The molecule has 0 radical (unpaired) electrons. The molecule has 0 spiro atoms. The smallest absolute Gasteiger partial charge is 0.191 e. The van der Waals surface area contributed by atoms with E-state index >= 15 is 0 Å². The molecular weight excluding hydrogens is 399 g/mol. The van der Waals surface area contributed by atoms with Crippen LogP contribution < -0.4 is 10.6 Å². The summed E-state index contributed by atoms with van der Waals surface area (Å²) in [5, 5.41) is 26.4. The molecule has 1 atom stereocenters. The number of benzene rings is 1. The predicted molar refractivity (Wildman–Crippen MR) is 112 cm³/mol. The van der Waals surface area contributed by atoms with Crippen LogP contribution in [0, 0.1) is 0 Å². The normalized spacial score (nSPS) is 15.6. The molecule has 0 bridgehead atoms. The molecular formula is C19H26Cl2N6O. The Bertz CT molecular complexity index is 803. The lowest BCUT2D eigenvalue weighted by Crippen LogP contribution is -2.39. The topological polar surface area (TPSA) is 87.4 Å². The molecule has 9 heteroatoms. The molecule has 0 amide bonds. The molecule has 3 rings (SSSR count). The summed E-state index contributed by atoms with van der Waals surface area (Å²) in [6.45, 7) is 4.36. The summed E-state index contributed by atoms with van der Waals surface area (Å²) in [7, 11) is 0. The predicted octanol–water partition coefficient (Wildman–Crippen LogP) is 3.10. The van der Waals surface area contributed by atoms with Gasteiger partial charge in [0.15, 0.2) is 11.8 Å². The van der Waals surface area contributed by atoms with Crippen LogP contribution in [0.25, 0.3) is 0 Å². The number of aromatic nitrogens is 3. The van der Waals surface area contributed by atoms with E-state index in [0.29, 0.717) is 34.7 Å². The lowest BCUT2D eigenvalue weighted by Gasteiger charge is -2.16. The molecule has 1 aliphatic rings. The minimum atomic E-state index is -0.760. The van der Waals surface area contributed by atoms with Crippen molar-refractivity contribution in [2.75, 3.05) is 13.1 Å². The Morgan fingerprint density at radius 1 is 1.18 bits per heavy atom. The lowest BCUT2D eigenvalue weighted by atomic mass is 10.1. The average Bonchev–Trinajstić information content (AvgIpc) is 2.89. The Hall–Kier alpha value is -1.83. The zero-order valence-corrected chi connectivity index (χ0v) is 17.5. The maximum Gasteiger partial charge on any atom is 0.191 e. The SMILES string of the molecule is CCNC(=NCc1nnc2n1CCCCC2)NCC(O)c1cc(Cl)cc(Cl)c1. The van der Waals surface area contributed by atoms with E-state index in [1.54, 1.807) is 18.2 Å². The second kappa shape index (κ2) is 10.1. The van der Waals surface area contributed by atoms with Crippen molar-refractivity contribution in [2.45, 2.75) is 51.8 Å². The Balaban J connectivity index is 1.64. The summed E-state index contributed by atoms with van der Waals surface area (Å²) in [4.78, 5) is 4.60. The van der Waals surface area contributed by atoms with Crippen LogP contribution in [0.4, 0.5) is 0 Å². The van der Waals surface area contributed by atoms with E-state index in [2.05, 4.69) is 30.4 Å². The standard InChI is InChI=1S/C19H26Cl2N6O/c1-2-22-19(23-11-16(28)13-8-14(20)10-15(21)9-13)24-12-18-26-25-17-6-4-3-5-7-27(17)18/h8-10,16,28H,2-7,11-12H2,1H3,(H2,22,23,24). The van der Waals surface area contributed by atoms with Gasteiger partial charge in [-0.2, -0.15) is 0 Å². The van der Waals surface area contributed by atoms with Crippen molar-refractivity contribution < 1.29 is 5.11 Å². The minimum Gasteiger partial charge on any atom is -0.387 e. The van der Waals surface area contributed by atoms with Gasteiger partial charge in [-0.1, -0.05) is 29.6 Å². The van der Waals surface area contributed by atoms with E-state index in [4.69, 9.17) is 23.2 Å². The van der Waals surface area contributed by atoms with E-state index in [9.17, 15) is 5.11 Å². The Morgan fingerprint density at radius 3 is 2.71 bits per heavy atom. The summed E-state index contributed by atoms with van der Waals surface area (Å²) in [5.41, 5.74) is 0.656. The first-order valence-electron chi connectivity index (χ1n) is 9.64. The number of halogens is 2. The van der Waals surface area contributed by atoms with Gasteiger partial charge >= 0.3 is 0 Å². The first-order valence-corrected chi connectivity index (χ1v) is 10.4. The zero-order valence-electron chi connectivity index (χ0n) is 16.0. The molecule has 0 saturated heterocycles. The number of aliphatic hydroxyl groups excluding tert-OH is 1. The number of nitrogens with one attached hydrogen (secondary N) is 2. The Kier molecular flexibility index (Phi) is 7.53. The van der Waals surface area contributed by atoms with Crippen LogP contribution in [-0.2, 0) is 19.5 Å². The molecule has 152 valence electrons. The molecule has 1 aromatic carbocycles. The summed E-state index contributed by atoms with van der Waals surface area (Å²) >= 11 is 12.0. The maximum atomic E-state index is 10.4. The van der Waals surface area contributed by atoms with Gasteiger partial charge in [-0.3, -0.25) is 0 Å². The number of nitrogens with zero attached hydrogens (tertiary/aromatic N) is 4. The monoisotopic (exact) mass is 424 g/mol. The second-order valence-corrected chi connectivity index (χ2v) is 7.66. The highest BCUT2D eigenvalue weighted by molar-refractivity contribution is 6.34. The molecule has 1 unspecified atom stereocenters. The molecule has 0 saturated carbocycles.